The summed E-state index contributed by atoms with van der Waals surface area (Å²) >= 11 is 0. The Hall–Kier alpha value is -2.57. The zero-order valence-electron chi connectivity index (χ0n) is 10.7. The molecule has 20 heavy (non-hydrogen) atoms. The van der Waals surface area contributed by atoms with Crippen LogP contribution in [0.3, 0.4) is 0 Å². The fourth-order valence-corrected chi connectivity index (χ4v) is 1.82. The Labute approximate surface area is 114 Å². The molecular formula is C13H13F2N5. The van der Waals surface area contributed by atoms with Crippen LogP contribution >= 0.6 is 0 Å². The van der Waals surface area contributed by atoms with Gasteiger partial charge in [0.15, 0.2) is 0 Å². The van der Waals surface area contributed by atoms with E-state index in [9.17, 15) is 8.78 Å². The first-order valence-electron chi connectivity index (χ1n) is 5.79. The van der Waals surface area contributed by atoms with E-state index in [1.807, 2.05) is 0 Å². The van der Waals surface area contributed by atoms with E-state index in [0.717, 1.165) is 11.8 Å². The maximum atomic E-state index is 12.2. The summed E-state index contributed by atoms with van der Waals surface area (Å²) in [5.74, 6) is 0.307. The molecule has 0 spiro atoms. The van der Waals surface area contributed by atoms with Crippen LogP contribution in [0, 0.1) is 6.92 Å². The second-order valence-corrected chi connectivity index (χ2v) is 4.14. The van der Waals surface area contributed by atoms with Crippen LogP contribution in [0.5, 0.6) is 0 Å². The van der Waals surface area contributed by atoms with Crippen molar-refractivity contribution in [3.63, 3.8) is 0 Å². The number of benzene rings is 1. The summed E-state index contributed by atoms with van der Waals surface area (Å²) in [5, 5.41) is 7.73. The minimum absolute atomic E-state index is 0.307. The molecule has 0 atom stereocenters. The van der Waals surface area contributed by atoms with E-state index in [0.29, 0.717) is 28.3 Å². The predicted molar refractivity (Wildman–Crippen MR) is 74.6 cm³/mol. The molecule has 5 nitrogen and oxygen atoms in total. The van der Waals surface area contributed by atoms with Gasteiger partial charge in [0, 0.05) is 23.0 Å². The van der Waals surface area contributed by atoms with Gasteiger partial charge >= 0.3 is 6.55 Å². The van der Waals surface area contributed by atoms with Gasteiger partial charge in [-0.1, -0.05) is 6.07 Å². The number of anilines is 2. The van der Waals surface area contributed by atoms with E-state index in [2.05, 4.69) is 15.2 Å². The van der Waals surface area contributed by atoms with E-state index < -0.39 is 6.55 Å². The number of nitrogens with two attached hydrogens (primary N) is 2. The topological polar surface area (TPSA) is 90.2 Å². The van der Waals surface area contributed by atoms with Gasteiger partial charge in [-0.25, -0.2) is 4.99 Å². The number of rotatable bonds is 3. The van der Waals surface area contributed by atoms with Gasteiger partial charge in [-0.3, -0.25) is 0 Å². The Morgan fingerprint density at radius 1 is 1.15 bits per heavy atom. The van der Waals surface area contributed by atoms with Crippen LogP contribution in [0.15, 0.2) is 29.3 Å². The smallest absolute Gasteiger partial charge is 0.331 e. The molecule has 1 heterocycles. The SMILES string of the molecule is Cc1c(-c2ccc(N)nn2)ccc(N)c1/C=N/C(F)F. The van der Waals surface area contributed by atoms with Crippen molar-refractivity contribution in [3.05, 3.63) is 35.4 Å². The zero-order valence-corrected chi connectivity index (χ0v) is 10.7. The first-order chi connectivity index (χ1) is 9.49. The Kier molecular flexibility index (Phi) is 3.88. The number of alkyl halides is 2. The second kappa shape index (κ2) is 5.60. The summed E-state index contributed by atoms with van der Waals surface area (Å²) in [6, 6.07) is 6.69. The predicted octanol–water partition coefficient (Wildman–Crippen LogP) is 2.26. The molecule has 0 aliphatic rings. The highest BCUT2D eigenvalue weighted by Crippen LogP contribution is 2.27. The summed E-state index contributed by atoms with van der Waals surface area (Å²) < 4.78 is 24.4. The molecule has 2 rings (SSSR count). The number of nitrogen functional groups attached to an aromatic ring is 2. The standard InChI is InChI=1S/C13H13F2N5/c1-7-8(11-4-5-12(17)20-19-11)2-3-10(16)9(7)6-18-13(14)15/h2-6,13H,16H2,1H3,(H2,17,20)/b18-6+. The maximum absolute atomic E-state index is 12.2. The van der Waals surface area contributed by atoms with Crippen LogP contribution in [0.2, 0.25) is 0 Å². The third-order valence-electron chi connectivity index (χ3n) is 2.83. The van der Waals surface area contributed by atoms with Crippen LogP contribution in [-0.4, -0.2) is 23.0 Å². The number of hydrogen-bond donors (Lipinski definition) is 2. The van der Waals surface area contributed by atoms with Crippen molar-refractivity contribution in [2.75, 3.05) is 11.5 Å². The van der Waals surface area contributed by atoms with E-state index in [1.54, 1.807) is 31.2 Å². The summed E-state index contributed by atoms with van der Waals surface area (Å²) in [5.41, 5.74) is 14.1. The normalized spacial score (nSPS) is 11.4. The molecule has 2 aromatic rings. The third kappa shape index (κ3) is 2.87. The van der Waals surface area contributed by atoms with Gasteiger partial charge in [-0.15, -0.1) is 10.2 Å². The lowest BCUT2D eigenvalue weighted by Crippen LogP contribution is -2.01. The average Bonchev–Trinajstić information content (AvgIpc) is 2.40. The summed E-state index contributed by atoms with van der Waals surface area (Å²) in [7, 11) is 0. The van der Waals surface area contributed by atoms with Crippen molar-refractivity contribution in [3.8, 4) is 11.3 Å². The van der Waals surface area contributed by atoms with Gasteiger partial charge in [0.1, 0.15) is 5.82 Å². The largest absolute Gasteiger partial charge is 0.398 e. The van der Waals surface area contributed by atoms with Crippen molar-refractivity contribution >= 4 is 17.7 Å². The Morgan fingerprint density at radius 3 is 2.50 bits per heavy atom. The van der Waals surface area contributed by atoms with E-state index in [4.69, 9.17) is 11.5 Å². The Bertz CT molecular complexity index is 638. The Morgan fingerprint density at radius 2 is 1.90 bits per heavy atom. The Balaban J connectivity index is 2.51. The highest BCUT2D eigenvalue weighted by molar-refractivity contribution is 5.92. The van der Waals surface area contributed by atoms with Crippen LogP contribution < -0.4 is 11.5 Å². The molecule has 4 N–H and O–H groups in total. The lowest BCUT2D eigenvalue weighted by atomic mass is 9.99. The van der Waals surface area contributed by atoms with E-state index in [1.165, 1.54) is 0 Å². The molecule has 1 aromatic carbocycles. The van der Waals surface area contributed by atoms with Crippen LogP contribution in [0.1, 0.15) is 11.1 Å². The van der Waals surface area contributed by atoms with E-state index in [-0.39, 0.29) is 0 Å². The van der Waals surface area contributed by atoms with Crippen LogP contribution in [0.4, 0.5) is 20.3 Å². The average molecular weight is 277 g/mol. The van der Waals surface area contributed by atoms with Gasteiger partial charge < -0.3 is 11.5 Å². The maximum Gasteiger partial charge on any atom is 0.331 e. The molecule has 0 saturated heterocycles. The second-order valence-electron chi connectivity index (χ2n) is 4.14. The van der Waals surface area contributed by atoms with Crippen molar-refractivity contribution < 1.29 is 8.78 Å². The molecule has 0 unspecified atom stereocenters. The molecule has 0 aliphatic carbocycles. The molecule has 0 aliphatic heterocycles. The van der Waals surface area contributed by atoms with E-state index >= 15 is 0 Å². The lowest BCUT2D eigenvalue weighted by molar-refractivity contribution is 0.161. The van der Waals surface area contributed by atoms with Crippen molar-refractivity contribution in [1.29, 1.82) is 0 Å². The molecule has 0 radical (unpaired) electrons. The fourth-order valence-electron chi connectivity index (χ4n) is 1.82. The fraction of sp³-hybridized carbons (Fsp3) is 0.154. The number of halogens is 2. The summed E-state index contributed by atoms with van der Waals surface area (Å²) in [6.07, 6.45) is 1.07. The van der Waals surface area contributed by atoms with Crippen LogP contribution in [0.25, 0.3) is 11.3 Å². The van der Waals surface area contributed by atoms with Gasteiger partial charge in [-0.2, -0.15) is 8.78 Å². The quantitative estimate of drug-likeness (QED) is 0.511. The van der Waals surface area contributed by atoms with Gasteiger partial charge in [0.25, 0.3) is 0 Å². The number of aromatic nitrogens is 2. The van der Waals surface area contributed by atoms with Crippen molar-refractivity contribution in [2.24, 2.45) is 4.99 Å². The van der Waals surface area contributed by atoms with Gasteiger partial charge in [0.05, 0.1) is 5.69 Å². The molecular weight excluding hydrogens is 264 g/mol. The molecule has 1 aromatic heterocycles. The zero-order chi connectivity index (χ0) is 14.7. The molecule has 0 bridgehead atoms. The summed E-state index contributed by atoms with van der Waals surface area (Å²) in [4.78, 5) is 3.07. The highest BCUT2D eigenvalue weighted by Gasteiger charge is 2.10. The molecule has 7 heteroatoms. The number of aliphatic imine (C=N–C) groups is 1. The van der Waals surface area contributed by atoms with Gasteiger partial charge in [0.2, 0.25) is 0 Å². The molecule has 0 fully saturated rings. The minimum Gasteiger partial charge on any atom is -0.398 e. The van der Waals surface area contributed by atoms with Crippen molar-refractivity contribution in [2.45, 2.75) is 13.5 Å². The first-order valence-corrected chi connectivity index (χ1v) is 5.79. The van der Waals surface area contributed by atoms with Gasteiger partial charge in [-0.05, 0) is 30.7 Å². The number of nitrogens with zero attached hydrogens (tertiary/aromatic N) is 3. The van der Waals surface area contributed by atoms with Crippen LogP contribution in [-0.2, 0) is 0 Å². The number of hydrogen-bond acceptors (Lipinski definition) is 5. The third-order valence-corrected chi connectivity index (χ3v) is 2.83. The van der Waals surface area contributed by atoms with Crippen molar-refractivity contribution in [1.82, 2.24) is 10.2 Å². The minimum atomic E-state index is -2.77. The summed E-state index contributed by atoms with van der Waals surface area (Å²) in [6.45, 7) is -1.01. The highest BCUT2D eigenvalue weighted by atomic mass is 19.3. The first kappa shape index (κ1) is 13.9. The molecule has 104 valence electrons. The monoisotopic (exact) mass is 277 g/mol. The molecule has 0 amide bonds. The lowest BCUT2D eigenvalue weighted by Gasteiger charge is -2.10. The molecule has 0 saturated carbocycles.